The zero-order chi connectivity index (χ0) is 20.7. The SMILES string of the molecule is CC=Cc1cc(COc2ccc(C(=O)NC(C)C(C)(C)C)cn2)cc(OC)c1. The van der Waals surface area contributed by atoms with Crippen molar-refractivity contribution in [3.05, 3.63) is 59.3 Å². The van der Waals surface area contributed by atoms with Crippen LogP contribution in [-0.4, -0.2) is 24.0 Å². The second-order valence-corrected chi connectivity index (χ2v) is 7.85. The van der Waals surface area contributed by atoms with Crippen LogP contribution in [0.5, 0.6) is 11.6 Å². The number of amides is 1. The summed E-state index contributed by atoms with van der Waals surface area (Å²) in [6.07, 6.45) is 5.53. The van der Waals surface area contributed by atoms with Crippen molar-refractivity contribution in [1.29, 1.82) is 0 Å². The number of nitrogens with one attached hydrogen (secondary N) is 1. The van der Waals surface area contributed by atoms with Gasteiger partial charge in [-0.2, -0.15) is 0 Å². The highest BCUT2D eigenvalue weighted by atomic mass is 16.5. The van der Waals surface area contributed by atoms with Gasteiger partial charge >= 0.3 is 0 Å². The van der Waals surface area contributed by atoms with Crippen molar-refractivity contribution < 1.29 is 14.3 Å². The molecule has 0 aliphatic carbocycles. The van der Waals surface area contributed by atoms with E-state index in [2.05, 4.69) is 31.1 Å². The number of benzene rings is 1. The number of allylic oxidation sites excluding steroid dienone is 1. The average Bonchev–Trinajstić information content (AvgIpc) is 2.66. The van der Waals surface area contributed by atoms with Gasteiger partial charge in [0, 0.05) is 18.3 Å². The normalized spacial score (nSPS) is 12.6. The van der Waals surface area contributed by atoms with E-state index in [4.69, 9.17) is 9.47 Å². The summed E-state index contributed by atoms with van der Waals surface area (Å²) < 4.78 is 11.1. The van der Waals surface area contributed by atoms with Gasteiger partial charge in [0.15, 0.2) is 0 Å². The maximum Gasteiger partial charge on any atom is 0.253 e. The summed E-state index contributed by atoms with van der Waals surface area (Å²) in [4.78, 5) is 16.6. The Balaban J connectivity index is 2.01. The molecule has 0 aliphatic heterocycles. The molecule has 0 spiro atoms. The number of hydrogen-bond acceptors (Lipinski definition) is 4. The molecule has 1 heterocycles. The predicted molar refractivity (Wildman–Crippen MR) is 113 cm³/mol. The van der Waals surface area contributed by atoms with Crippen LogP contribution < -0.4 is 14.8 Å². The lowest BCUT2D eigenvalue weighted by Gasteiger charge is -2.28. The Labute approximate surface area is 167 Å². The van der Waals surface area contributed by atoms with Crippen LogP contribution in [0.1, 0.15) is 56.1 Å². The van der Waals surface area contributed by atoms with E-state index in [0.717, 1.165) is 16.9 Å². The van der Waals surface area contributed by atoms with Crippen LogP contribution in [0.25, 0.3) is 6.08 Å². The van der Waals surface area contributed by atoms with Gasteiger partial charge in [-0.05, 0) is 54.7 Å². The summed E-state index contributed by atoms with van der Waals surface area (Å²) in [6.45, 7) is 10.6. The zero-order valence-electron chi connectivity index (χ0n) is 17.6. The van der Waals surface area contributed by atoms with Crippen molar-refractivity contribution in [1.82, 2.24) is 10.3 Å². The average molecular weight is 383 g/mol. The van der Waals surface area contributed by atoms with Crippen LogP contribution in [-0.2, 0) is 6.61 Å². The predicted octanol–water partition coefficient (Wildman–Crippen LogP) is 4.87. The number of hydrogen-bond donors (Lipinski definition) is 1. The number of aromatic nitrogens is 1. The third-order valence-electron chi connectivity index (χ3n) is 4.62. The van der Waals surface area contributed by atoms with Crippen molar-refractivity contribution >= 4 is 12.0 Å². The van der Waals surface area contributed by atoms with E-state index in [1.54, 1.807) is 19.2 Å². The lowest BCUT2D eigenvalue weighted by Crippen LogP contribution is -2.41. The minimum atomic E-state index is -0.134. The molecule has 0 saturated carbocycles. The fourth-order valence-corrected chi connectivity index (χ4v) is 2.43. The summed E-state index contributed by atoms with van der Waals surface area (Å²) in [5.41, 5.74) is 2.54. The summed E-state index contributed by atoms with van der Waals surface area (Å²) in [5, 5.41) is 3.00. The molecule has 2 rings (SSSR count). The van der Waals surface area contributed by atoms with Crippen LogP contribution in [0.2, 0.25) is 0 Å². The van der Waals surface area contributed by atoms with Gasteiger partial charge in [-0.25, -0.2) is 4.98 Å². The van der Waals surface area contributed by atoms with E-state index in [1.165, 1.54) is 6.20 Å². The Kier molecular flexibility index (Phi) is 7.21. The number of carbonyl (C=O) groups excluding carboxylic acids is 1. The molecule has 5 nitrogen and oxygen atoms in total. The highest BCUT2D eigenvalue weighted by Gasteiger charge is 2.22. The van der Waals surface area contributed by atoms with E-state index >= 15 is 0 Å². The second-order valence-electron chi connectivity index (χ2n) is 7.85. The number of rotatable bonds is 7. The van der Waals surface area contributed by atoms with E-state index < -0.39 is 0 Å². The highest BCUT2D eigenvalue weighted by Crippen LogP contribution is 2.21. The number of carbonyl (C=O) groups is 1. The first-order valence-corrected chi connectivity index (χ1v) is 9.43. The van der Waals surface area contributed by atoms with Gasteiger partial charge in [0.1, 0.15) is 12.4 Å². The van der Waals surface area contributed by atoms with Crippen LogP contribution in [0, 0.1) is 5.41 Å². The Morgan fingerprint density at radius 3 is 2.57 bits per heavy atom. The van der Waals surface area contributed by atoms with Crippen molar-refractivity contribution in [2.45, 2.75) is 47.3 Å². The van der Waals surface area contributed by atoms with Gasteiger partial charge in [-0.3, -0.25) is 4.79 Å². The molecular weight excluding hydrogens is 352 g/mol. The Bertz CT molecular complexity index is 821. The van der Waals surface area contributed by atoms with Crippen molar-refractivity contribution in [2.24, 2.45) is 5.41 Å². The number of ether oxygens (including phenoxy) is 2. The molecule has 1 aromatic carbocycles. The van der Waals surface area contributed by atoms with Crippen molar-refractivity contribution in [2.75, 3.05) is 7.11 Å². The van der Waals surface area contributed by atoms with Crippen LogP contribution >= 0.6 is 0 Å². The van der Waals surface area contributed by atoms with Gasteiger partial charge < -0.3 is 14.8 Å². The Hall–Kier alpha value is -2.82. The molecule has 28 heavy (non-hydrogen) atoms. The molecule has 1 atom stereocenters. The smallest absolute Gasteiger partial charge is 0.253 e. The minimum Gasteiger partial charge on any atom is -0.497 e. The van der Waals surface area contributed by atoms with Crippen LogP contribution in [0.15, 0.2) is 42.6 Å². The fourth-order valence-electron chi connectivity index (χ4n) is 2.43. The van der Waals surface area contributed by atoms with E-state index in [9.17, 15) is 4.79 Å². The molecule has 1 N–H and O–H groups in total. The summed E-state index contributed by atoms with van der Waals surface area (Å²) in [6, 6.07) is 9.43. The molecule has 1 aromatic heterocycles. The van der Waals surface area contributed by atoms with Crippen LogP contribution in [0.3, 0.4) is 0 Å². The Morgan fingerprint density at radius 1 is 1.25 bits per heavy atom. The molecule has 2 aromatic rings. The number of nitrogens with zero attached hydrogens (tertiary/aromatic N) is 1. The number of methoxy groups -OCH3 is 1. The quantitative estimate of drug-likeness (QED) is 0.742. The third kappa shape index (κ3) is 6.12. The maximum absolute atomic E-state index is 12.3. The first-order valence-electron chi connectivity index (χ1n) is 9.43. The number of pyridine rings is 1. The molecule has 0 aliphatic rings. The molecule has 5 heteroatoms. The van der Waals surface area contributed by atoms with Gasteiger partial charge in [-0.1, -0.05) is 32.9 Å². The summed E-state index contributed by atoms with van der Waals surface area (Å²) >= 11 is 0. The van der Waals surface area contributed by atoms with Crippen molar-refractivity contribution in [3.8, 4) is 11.6 Å². The first-order chi connectivity index (χ1) is 13.2. The van der Waals surface area contributed by atoms with Gasteiger partial charge in [-0.15, -0.1) is 0 Å². The molecule has 0 saturated heterocycles. The molecule has 1 unspecified atom stereocenters. The first kappa shape index (κ1) is 21.5. The molecule has 0 fully saturated rings. The summed E-state index contributed by atoms with van der Waals surface area (Å²) in [7, 11) is 1.64. The highest BCUT2D eigenvalue weighted by molar-refractivity contribution is 5.94. The Morgan fingerprint density at radius 2 is 2.00 bits per heavy atom. The summed E-state index contributed by atoms with van der Waals surface area (Å²) in [5.74, 6) is 1.11. The molecule has 0 bridgehead atoms. The lowest BCUT2D eigenvalue weighted by molar-refractivity contribution is 0.0909. The fraction of sp³-hybridized carbons (Fsp3) is 0.391. The van der Waals surface area contributed by atoms with E-state index in [0.29, 0.717) is 18.1 Å². The zero-order valence-corrected chi connectivity index (χ0v) is 17.6. The molecule has 0 radical (unpaired) electrons. The standard InChI is InChI=1S/C23H30N2O3/c1-7-8-17-11-18(13-20(12-17)27-6)15-28-21-10-9-19(14-24-21)22(26)25-16(2)23(3,4)5/h7-14,16H,15H2,1-6H3,(H,25,26). The molecular formula is C23H30N2O3. The second kappa shape index (κ2) is 9.40. The van der Waals surface area contributed by atoms with Crippen LogP contribution in [0.4, 0.5) is 0 Å². The topological polar surface area (TPSA) is 60.5 Å². The lowest BCUT2D eigenvalue weighted by atomic mass is 9.88. The molecule has 1 amide bonds. The largest absolute Gasteiger partial charge is 0.497 e. The van der Waals surface area contributed by atoms with Gasteiger partial charge in [0.05, 0.1) is 12.7 Å². The monoisotopic (exact) mass is 382 g/mol. The van der Waals surface area contributed by atoms with Crippen molar-refractivity contribution in [3.63, 3.8) is 0 Å². The van der Waals surface area contributed by atoms with Gasteiger partial charge in [0.2, 0.25) is 5.88 Å². The van der Waals surface area contributed by atoms with E-state index in [1.807, 2.05) is 44.2 Å². The molecule has 150 valence electrons. The minimum absolute atomic E-state index is 0.00526. The van der Waals surface area contributed by atoms with Gasteiger partial charge in [0.25, 0.3) is 5.91 Å². The van der Waals surface area contributed by atoms with E-state index in [-0.39, 0.29) is 17.4 Å². The maximum atomic E-state index is 12.3. The third-order valence-corrected chi connectivity index (χ3v) is 4.62.